The van der Waals surface area contributed by atoms with Crippen LogP contribution in [0.1, 0.15) is 44.0 Å². The normalized spacial score (nSPS) is 15.9. The molecule has 164 valence electrons. The lowest BCUT2D eigenvalue weighted by atomic mass is 9.94. The first kappa shape index (κ1) is 20.7. The van der Waals surface area contributed by atoms with Crippen LogP contribution >= 0.6 is 11.6 Å². The van der Waals surface area contributed by atoms with Crippen molar-refractivity contribution in [3.05, 3.63) is 58.2 Å². The molecule has 1 fully saturated rings. The minimum Gasteiger partial charge on any atom is -0.349 e. The van der Waals surface area contributed by atoms with E-state index in [0.29, 0.717) is 44.9 Å². The van der Waals surface area contributed by atoms with Gasteiger partial charge in [-0.15, -0.1) is 0 Å². The number of nitrogens with zero attached hydrogens (tertiary/aromatic N) is 2. The molecule has 0 atom stereocenters. The lowest BCUT2D eigenvalue weighted by Gasteiger charge is -2.14. The molecule has 2 aliphatic rings. The van der Waals surface area contributed by atoms with Crippen LogP contribution < -0.4 is 10.6 Å². The molecule has 32 heavy (non-hydrogen) atoms. The zero-order valence-electron chi connectivity index (χ0n) is 17.7. The number of carbonyl (C=O) groups excluding carboxylic acids is 3. The second-order valence-corrected chi connectivity index (χ2v) is 8.67. The van der Waals surface area contributed by atoms with Crippen LogP contribution in [0.2, 0.25) is 5.02 Å². The smallest absolute Gasteiger partial charge is 0.267 e. The van der Waals surface area contributed by atoms with Crippen LogP contribution in [0.3, 0.4) is 0 Å². The number of benzene rings is 2. The molecule has 5 rings (SSSR count). The van der Waals surface area contributed by atoms with Crippen molar-refractivity contribution in [3.8, 4) is 11.1 Å². The van der Waals surface area contributed by atoms with E-state index in [0.717, 1.165) is 19.6 Å². The van der Waals surface area contributed by atoms with E-state index in [1.807, 2.05) is 24.3 Å². The fourth-order valence-electron chi connectivity index (χ4n) is 4.71. The molecule has 3 aromatic rings. The monoisotopic (exact) mass is 450 g/mol. The van der Waals surface area contributed by atoms with Crippen molar-refractivity contribution in [1.29, 1.82) is 0 Å². The van der Waals surface area contributed by atoms with Crippen molar-refractivity contribution in [3.63, 3.8) is 0 Å². The van der Waals surface area contributed by atoms with E-state index >= 15 is 0 Å². The fraction of sp³-hybridized carbons (Fsp3) is 0.292. The zero-order chi connectivity index (χ0) is 22.4. The van der Waals surface area contributed by atoms with Gasteiger partial charge in [0.2, 0.25) is 0 Å². The van der Waals surface area contributed by atoms with Gasteiger partial charge in [0.15, 0.2) is 0 Å². The quantitative estimate of drug-likeness (QED) is 0.585. The van der Waals surface area contributed by atoms with E-state index in [2.05, 4.69) is 15.5 Å². The lowest BCUT2D eigenvalue weighted by Crippen LogP contribution is -2.34. The van der Waals surface area contributed by atoms with Crippen LogP contribution in [-0.4, -0.2) is 53.4 Å². The van der Waals surface area contributed by atoms with Crippen molar-refractivity contribution in [2.75, 3.05) is 26.2 Å². The number of imide groups is 1. The second-order valence-electron chi connectivity index (χ2n) is 8.26. The first-order valence-electron chi connectivity index (χ1n) is 10.7. The number of halogens is 1. The number of amides is 3. The molecular formula is C24H23ClN4O3. The van der Waals surface area contributed by atoms with E-state index in [1.54, 1.807) is 23.7 Å². The Kier molecular flexibility index (Phi) is 5.23. The highest BCUT2D eigenvalue weighted by molar-refractivity contribution is 6.35. The third-order valence-electron chi connectivity index (χ3n) is 6.34. The van der Waals surface area contributed by atoms with Gasteiger partial charge in [-0.1, -0.05) is 29.8 Å². The molecule has 0 bridgehead atoms. The van der Waals surface area contributed by atoms with Crippen LogP contribution in [-0.2, 0) is 7.05 Å². The number of rotatable bonds is 5. The van der Waals surface area contributed by atoms with Gasteiger partial charge in [-0.3, -0.25) is 19.7 Å². The van der Waals surface area contributed by atoms with E-state index in [4.69, 9.17) is 11.6 Å². The van der Waals surface area contributed by atoms with Gasteiger partial charge in [-0.25, -0.2) is 0 Å². The first-order valence-corrected chi connectivity index (χ1v) is 11.1. The molecule has 1 aromatic heterocycles. The lowest BCUT2D eigenvalue weighted by molar-refractivity contribution is 0.0878. The SMILES string of the molecule is Cn1c(C(=O)NCCN2CCCC2)cc2c3c(c(-c4ccccc4Cl)cc21)C(=O)NC3=O. The van der Waals surface area contributed by atoms with Gasteiger partial charge in [0, 0.05) is 41.6 Å². The molecule has 7 nitrogen and oxygen atoms in total. The molecule has 2 aliphatic heterocycles. The van der Waals surface area contributed by atoms with Crippen molar-refractivity contribution < 1.29 is 14.4 Å². The number of aryl methyl sites for hydroxylation is 1. The summed E-state index contributed by atoms with van der Waals surface area (Å²) in [6, 6.07) is 10.7. The van der Waals surface area contributed by atoms with E-state index in [1.165, 1.54) is 12.8 Å². The van der Waals surface area contributed by atoms with Crippen molar-refractivity contribution in [2.45, 2.75) is 12.8 Å². The van der Waals surface area contributed by atoms with Gasteiger partial charge in [0.1, 0.15) is 5.69 Å². The van der Waals surface area contributed by atoms with Crippen molar-refractivity contribution >= 4 is 40.2 Å². The second kappa shape index (κ2) is 8.07. The summed E-state index contributed by atoms with van der Waals surface area (Å²) in [5.74, 6) is -1.13. The summed E-state index contributed by atoms with van der Waals surface area (Å²) in [5.41, 5.74) is 2.94. The predicted octanol–water partition coefficient (Wildman–Crippen LogP) is 3.21. The number of aromatic nitrogens is 1. The number of fused-ring (bicyclic) bond motifs is 3. The Bertz CT molecular complexity index is 1270. The third-order valence-corrected chi connectivity index (χ3v) is 6.67. The minimum atomic E-state index is -0.463. The first-order chi connectivity index (χ1) is 15.5. The van der Waals surface area contributed by atoms with Gasteiger partial charge < -0.3 is 14.8 Å². The maximum atomic E-state index is 12.9. The standard InChI is InChI=1S/C24H23ClN4O3/c1-28-18-12-15(14-6-2-3-7-17(14)25)20-21(24(32)27-23(20)31)16(18)13-19(28)22(30)26-8-11-29-9-4-5-10-29/h2-3,6-7,12-13H,4-5,8-11H2,1H3,(H,26,30)(H,27,31,32). The van der Waals surface area contributed by atoms with E-state index < -0.39 is 11.8 Å². The summed E-state index contributed by atoms with van der Waals surface area (Å²) in [6.07, 6.45) is 2.41. The van der Waals surface area contributed by atoms with Gasteiger partial charge in [0.25, 0.3) is 17.7 Å². The number of hydrogen-bond donors (Lipinski definition) is 2. The average molecular weight is 451 g/mol. The van der Waals surface area contributed by atoms with Crippen LogP contribution in [0.15, 0.2) is 36.4 Å². The van der Waals surface area contributed by atoms with E-state index in [9.17, 15) is 14.4 Å². The highest BCUT2D eigenvalue weighted by Gasteiger charge is 2.34. The Hall–Kier alpha value is -3.16. The zero-order valence-corrected chi connectivity index (χ0v) is 18.5. The minimum absolute atomic E-state index is 0.208. The van der Waals surface area contributed by atoms with E-state index in [-0.39, 0.29) is 11.5 Å². The van der Waals surface area contributed by atoms with Gasteiger partial charge in [-0.2, -0.15) is 0 Å². The molecule has 2 aromatic carbocycles. The molecule has 0 radical (unpaired) electrons. The van der Waals surface area contributed by atoms with Gasteiger partial charge >= 0.3 is 0 Å². The fourth-order valence-corrected chi connectivity index (χ4v) is 4.94. The Morgan fingerprint density at radius 1 is 1.06 bits per heavy atom. The Labute approximate surface area is 190 Å². The third kappa shape index (κ3) is 3.38. The number of likely N-dealkylation sites (tertiary alicyclic amines) is 1. The molecular weight excluding hydrogens is 428 g/mol. The maximum absolute atomic E-state index is 12.9. The number of nitrogens with one attached hydrogen (secondary N) is 2. The van der Waals surface area contributed by atoms with Crippen LogP contribution in [0.5, 0.6) is 0 Å². The summed E-state index contributed by atoms with van der Waals surface area (Å²) < 4.78 is 1.76. The predicted molar refractivity (Wildman–Crippen MR) is 123 cm³/mol. The number of carbonyl (C=O) groups is 3. The highest BCUT2D eigenvalue weighted by atomic mass is 35.5. The van der Waals surface area contributed by atoms with Crippen LogP contribution in [0.4, 0.5) is 0 Å². The molecule has 0 aliphatic carbocycles. The summed E-state index contributed by atoms with van der Waals surface area (Å²) in [7, 11) is 1.79. The molecule has 0 unspecified atom stereocenters. The van der Waals surface area contributed by atoms with Gasteiger partial charge in [0.05, 0.1) is 11.1 Å². The molecule has 0 saturated carbocycles. The molecule has 8 heteroatoms. The highest BCUT2D eigenvalue weighted by Crippen LogP contribution is 2.39. The molecule has 1 saturated heterocycles. The summed E-state index contributed by atoms with van der Waals surface area (Å²) in [4.78, 5) is 40.6. The Morgan fingerprint density at radius 2 is 1.78 bits per heavy atom. The molecule has 0 spiro atoms. The summed E-state index contributed by atoms with van der Waals surface area (Å²) in [5, 5.41) is 6.43. The Morgan fingerprint density at radius 3 is 2.53 bits per heavy atom. The van der Waals surface area contributed by atoms with Gasteiger partial charge in [-0.05, 0) is 49.7 Å². The van der Waals surface area contributed by atoms with Crippen molar-refractivity contribution in [1.82, 2.24) is 20.1 Å². The topological polar surface area (TPSA) is 83.4 Å². The van der Waals surface area contributed by atoms with Crippen LogP contribution in [0, 0.1) is 0 Å². The molecule has 3 heterocycles. The largest absolute Gasteiger partial charge is 0.349 e. The van der Waals surface area contributed by atoms with Crippen molar-refractivity contribution in [2.24, 2.45) is 7.05 Å². The summed E-state index contributed by atoms with van der Waals surface area (Å²) >= 11 is 6.41. The van der Waals surface area contributed by atoms with Crippen LogP contribution in [0.25, 0.3) is 22.0 Å². The summed E-state index contributed by atoms with van der Waals surface area (Å²) in [6.45, 7) is 3.52. The molecule has 2 N–H and O–H groups in total. The maximum Gasteiger partial charge on any atom is 0.267 e. The number of hydrogen-bond acceptors (Lipinski definition) is 4. The molecule has 3 amide bonds. The Balaban J connectivity index is 1.57. The average Bonchev–Trinajstić information content (AvgIpc) is 3.47.